The number of fused-ring (bicyclic) bond motifs is 2. The molecule has 5 N–H and O–H groups in total. The van der Waals surface area contributed by atoms with E-state index < -0.39 is 4.92 Å². The second-order valence-corrected chi connectivity index (χ2v) is 6.76. The number of nitrogens with two attached hydrogens (primary N) is 1. The van der Waals surface area contributed by atoms with Crippen molar-refractivity contribution in [2.75, 3.05) is 17.6 Å². The molecular formula is C17H19N7O2. The molecule has 3 unspecified atom stereocenters. The maximum atomic E-state index is 10.8. The fourth-order valence-corrected chi connectivity index (χ4v) is 3.84. The zero-order chi connectivity index (χ0) is 18.3. The van der Waals surface area contributed by atoms with Crippen LogP contribution in [0.3, 0.4) is 0 Å². The van der Waals surface area contributed by atoms with Gasteiger partial charge in [-0.05, 0) is 37.4 Å². The first-order valence-corrected chi connectivity index (χ1v) is 8.47. The smallest absolute Gasteiger partial charge is 0.269 e. The van der Waals surface area contributed by atoms with Gasteiger partial charge in [0.15, 0.2) is 0 Å². The van der Waals surface area contributed by atoms with Gasteiger partial charge < -0.3 is 16.4 Å². The molecule has 1 saturated heterocycles. The molecule has 26 heavy (non-hydrogen) atoms. The number of nitrogen functional groups attached to an aromatic ring is 1. The lowest BCUT2D eigenvalue weighted by molar-refractivity contribution is -0.384. The monoisotopic (exact) mass is 353 g/mol. The molecule has 2 bridgehead atoms. The van der Waals surface area contributed by atoms with E-state index in [4.69, 9.17) is 11.1 Å². The predicted octanol–water partition coefficient (Wildman–Crippen LogP) is 1.55. The summed E-state index contributed by atoms with van der Waals surface area (Å²) in [5, 5.41) is 26.2. The zero-order valence-corrected chi connectivity index (χ0v) is 14.0. The van der Waals surface area contributed by atoms with Crippen LogP contribution in [0.1, 0.15) is 24.0 Å². The molecule has 1 aliphatic carbocycles. The number of non-ortho nitro benzene ring substituents is 1. The van der Waals surface area contributed by atoms with Crippen LogP contribution in [0.25, 0.3) is 0 Å². The van der Waals surface area contributed by atoms with E-state index in [1.807, 2.05) is 0 Å². The molecule has 9 heteroatoms. The molecule has 1 saturated carbocycles. The maximum Gasteiger partial charge on any atom is 0.269 e. The van der Waals surface area contributed by atoms with Crippen LogP contribution in [0.15, 0.2) is 30.6 Å². The van der Waals surface area contributed by atoms with E-state index in [2.05, 4.69) is 20.6 Å². The highest BCUT2D eigenvalue weighted by Crippen LogP contribution is 2.34. The second kappa shape index (κ2) is 6.34. The Morgan fingerprint density at radius 1 is 1.31 bits per heavy atom. The Labute approximate surface area is 149 Å². The summed E-state index contributed by atoms with van der Waals surface area (Å²) in [5.74, 6) is 1.41. The number of hydrogen-bond acceptors (Lipinski definition) is 8. The van der Waals surface area contributed by atoms with Crippen molar-refractivity contribution in [3.05, 3.63) is 51.8 Å². The molecule has 2 aliphatic rings. The van der Waals surface area contributed by atoms with Crippen molar-refractivity contribution in [2.24, 2.45) is 5.92 Å². The molecule has 2 fully saturated rings. The molecule has 2 heterocycles. The molecule has 4 rings (SSSR count). The van der Waals surface area contributed by atoms with E-state index in [0.29, 0.717) is 28.9 Å². The average Bonchev–Trinajstić information content (AvgIpc) is 3.24. The van der Waals surface area contributed by atoms with E-state index >= 15 is 0 Å². The SMILES string of the molecule is N=C(c1ccc([N+](=O)[O-])cc1)c1c(N)ncnc1NC1CC2CNC1C2. The summed E-state index contributed by atoms with van der Waals surface area (Å²) in [6.45, 7) is 1.06. The van der Waals surface area contributed by atoms with Gasteiger partial charge in [0.2, 0.25) is 0 Å². The van der Waals surface area contributed by atoms with Gasteiger partial charge in [0.1, 0.15) is 18.0 Å². The third-order valence-electron chi connectivity index (χ3n) is 5.14. The first kappa shape index (κ1) is 16.4. The molecule has 0 radical (unpaired) electrons. The van der Waals surface area contributed by atoms with E-state index in [9.17, 15) is 10.1 Å². The molecule has 2 aromatic rings. The Morgan fingerprint density at radius 3 is 2.69 bits per heavy atom. The van der Waals surface area contributed by atoms with Crippen LogP contribution in [0.4, 0.5) is 17.3 Å². The molecule has 1 aromatic heterocycles. The highest BCUT2D eigenvalue weighted by molar-refractivity contribution is 6.16. The lowest BCUT2D eigenvalue weighted by atomic mass is 10.0. The van der Waals surface area contributed by atoms with Crippen LogP contribution >= 0.6 is 0 Å². The Hall–Kier alpha value is -3.07. The summed E-state index contributed by atoms with van der Waals surface area (Å²) < 4.78 is 0. The predicted molar refractivity (Wildman–Crippen MR) is 97.4 cm³/mol. The number of nitro groups is 1. The zero-order valence-electron chi connectivity index (χ0n) is 14.0. The molecule has 1 aliphatic heterocycles. The summed E-state index contributed by atoms with van der Waals surface area (Å²) in [7, 11) is 0. The molecule has 0 amide bonds. The number of nitrogens with one attached hydrogen (secondary N) is 3. The van der Waals surface area contributed by atoms with E-state index in [-0.39, 0.29) is 23.3 Å². The quantitative estimate of drug-likeness (QED) is 0.363. The van der Waals surface area contributed by atoms with Crippen LogP contribution in [0.5, 0.6) is 0 Å². The first-order valence-electron chi connectivity index (χ1n) is 8.47. The summed E-state index contributed by atoms with van der Waals surface area (Å²) >= 11 is 0. The number of aromatic nitrogens is 2. The number of nitrogens with zero attached hydrogens (tertiary/aromatic N) is 3. The molecule has 3 atom stereocenters. The first-order chi connectivity index (χ1) is 12.5. The molecule has 1 aromatic carbocycles. The summed E-state index contributed by atoms with van der Waals surface area (Å²) in [4.78, 5) is 18.7. The second-order valence-electron chi connectivity index (χ2n) is 6.76. The van der Waals surface area contributed by atoms with Gasteiger partial charge >= 0.3 is 0 Å². The van der Waals surface area contributed by atoms with Crippen LogP contribution < -0.4 is 16.4 Å². The van der Waals surface area contributed by atoms with E-state index in [0.717, 1.165) is 19.4 Å². The normalized spacial score (nSPS) is 23.8. The largest absolute Gasteiger partial charge is 0.383 e. The number of nitro benzene ring substituents is 1. The third kappa shape index (κ3) is 2.86. The molecule has 9 nitrogen and oxygen atoms in total. The Bertz CT molecular complexity index is 868. The van der Waals surface area contributed by atoms with Crippen molar-refractivity contribution < 1.29 is 4.92 Å². The van der Waals surface area contributed by atoms with Gasteiger partial charge in [-0.3, -0.25) is 15.5 Å². The van der Waals surface area contributed by atoms with Crippen molar-refractivity contribution in [1.29, 1.82) is 5.41 Å². The maximum absolute atomic E-state index is 10.8. The van der Waals surface area contributed by atoms with Gasteiger partial charge in [-0.15, -0.1) is 0 Å². The third-order valence-corrected chi connectivity index (χ3v) is 5.14. The van der Waals surface area contributed by atoms with Gasteiger partial charge in [-0.25, -0.2) is 9.97 Å². The Kier molecular flexibility index (Phi) is 4.00. The minimum Gasteiger partial charge on any atom is -0.383 e. The Balaban J connectivity index is 1.63. The fraction of sp³-hybridized carbons (Fsp3) is 0.353. The van der Waals surface area contributed by atoms with Crippen molar-refractivity contribution in [2.45, 2.75) is 24.9 Å². The van der Waals surface area contributed by atoms with Gasteiger partial charge in [0, 0.05) is 29.8 Å². The molecule has 0 spiro atoms. The van der Waals surface area contributed by atoms with E-state index in [1.165, 1.54) is 30.6 Å². The number of hydrogen-bond donors (Lipinski definition) is 4. The summed E-state index contributed by atoms with van der Waals surface area (Å²) in [5.41, 5.74) is 7.09. The van der Waals surface area contributed by atoms with Crippen LogP contribution in [0, 0.1) is 21.4 Å². The van der Waals surface area contributed by atoms with Gasteiger partial charge in [0.05, 0.1) is 16.2 Å². The van der Waals surface area contributed by atoms with Gasteiger partial charge in [-0.2, -0.15) is 0 Å². The minimum atomic E-state index is -0.470. The number of rotatable bonds is 5. The van der Waals surface area contributed by atoms with Crippen LogP contribution in [-0.4, -0.2) is 39.2 Å². The average molecular weight is 353 g/mol. The van der Waals surface area contributed by atoms with Crippen LogP contribution in [-0.2, 0) is 0 Å². The lowest BCUT2D eigenvalue weighted by Crippen LogP contribution is -2.41. The minimum absolute atomic E-state index is 0.0229. The van der Waals surface area contributed by atoms with Crippen molar-refractivity contribution in [3.63, 3.8) is 0 Å². The Morgan fingerprint density at radius 2 is 2.08 bits per heavy atom. The van der Waals surface area contributed by atoms with Crippen molar-refractivity contribution in [1.82, 2.24) is 15.3 Å². The lowest BCUT2D eigenvalue weighted by Gasteiger charge is -2.25. The van der Waals surface area contributed by atoms with Gasteiger partial charge in [0.25, 0.3) is 5.69 Å². The standard InChI is InChI=1S/C17H19N7O2/c18-15(10-1-3-11(4-2-10)24(25)26)14-16(19)21-8-22-17(14)23-13-6-9-5-12(13)20-7-9/h1-4,8-9,12-13,18,20H,5-7H2,(H3,19,21,22,23). The number of benzene rings is 1. The highest BCUT2D eigenvalue weighted by atomic mass is 16.6. The van der Waals surface area contributed by atoms with Gasteiger partial charge in [-0.1, -0.05) is 0 Å². The molecule has 134 valence electrons. The number of anilines is 2. The topological polar surface area (TPSA) is 143 Å². The summed E-state index contributed by atoms with van der Waals surface area (Å²) in [6, 6.07) is 6.46. The van der Waals surface area contributed by atoms with Crippen molar-refractivity contribution in [3.8, 4) is 0 Å². The van der Waals surface area contributed by atoms with Crippen molar-refractivity contribution >= 4 is 23.0 Å². The fourth-order valence-electron chi connectivity index (χ4n) is 3.84. The number of piperidine rings is 1. The highest BCUT2D eigenvalue weighted by Gasteiger charge is 2.39. The van der Waals surface area contributed by atoms with E-state index in [1.54, 1.807) is 0 Å². The van der Waals surface area contributed by atoms with Crippen LogP contribution in [0.2, 0.25) is 0 Å². The summed E-state index contributed by atoms with van der Waals surface area (Å²) in [6.07, 6.45) is 3.59. The molecular weight excluding hydrogens is 334 g/mol.